The van der Waals surface area contributed by atoms with Crippen LogP contribution < -0.4 is 5.73 Å². The van der Waals surface area contributed by atoms with Gasteiger partial charge in [0.05, 0.1) is 6.67 Å². The molecule has 0 aromatic carbocycles. The number of alkyl halides is 1. The number of unbranched alkanes of at least 4 members (excludes halogenated alkanes) is 1. The topological polar surface area (TPSA) is 63.3 Å². The predicted octanol–water partition coefficient (Wildman–Crippen LogP) is 2.20. The van der Waals surface area contributed by atoms with E-state index in [-0.39, 0.29) is 19.0 Å². The lowest BCUT2D eigenvalue weighted by Crippen LogP contribution is -2.20. The van der Waals surface area contributed by atoms with E-state index >= 15 is 0 Å². The molecule has 0 rings (SSSR count). The standard InChI is InChI=1S/C11H22FNO2/c1-9(4-2-3-5-12)6-10(8-13)7-11(14)15/h9-10H,2-8,13H2,1H3,(H,14,15). The van der Waals surface area contributed by atoms with Gasteiger partial charge in [0, 0.05) is 6.42 Å². The number of carboxylic acids is 1. The van der Waals surface area contributed by atoms with E-state index in [0.717, 1.165) is 19.3 Å². The zero-order chi connectivity index (χ0) is 11.7. The highest BCUT2D eigenvalue weighted by Gasteiger charge is 2.14. The van der Waals surface area contributed by atoms with Crippen LogP contribution in [0.3, 0.4) is 0 Å². The highest BCUT2D eigenvalue weighted by atomic mass is 19.1. The van der Waals surface area contributed by atoms with Crippen molar-refractivity contribution in [3.8, 4) is 0 Å². The second kappa shape index (κ2) is 8.65. The fourth-order valence-electron chi connectivity index (χ4n) is 1.78. The van der Waals surface area contributed by atoms with E-state index in [1.54, 1.807) is 0 Å². The fourth-order valence-corrected chi connectivity index (χ4v) is 1.78. The molecule has 0 amide bonds. The number of hydrogen-bond acceptors (Lipinski definition) is 2. The Bertz CT molecular complexity index is 176. The van der Waals surface area contributed by atoms with Gasteiger partial charge in [-0.15, -0.1) is 0 Å². The first kappa shape index (κ1) is 14.4. The molecule has 90 valence electrons. The highest BCUT2D eigenvalue weighted by Crippen LogP contribution is 2.19. The summed E-state index contributed by atoms with van der Waals surface area (Å²) in [6.07, 6.45) is 3.41. The van der Waals surface area contributed by atoms with Crippen molar-refractivity contribution >= 4 is 5.97 Å². The summed E-state index contributed by atoms with van der Waals surface area (Å²) >= 11 is 0. The first-order chi connectivity index (χ1) is 7.10. The van der Waals surface area contributed by atoms with E-state index in [9.17, 15) is 9.18 Å². The van der Waals surface area contributed by atoms with Crippen LogP contribution in [0.2, 0.25) is 0 Å². The molecule has 15 heavy (non-hydrogen) atoms. The molecule has 3 N–H and O–H groups in total. The molecule has 0 fully saturated rings. The Hall–Kier alpha value is -0.640. The van der Waals surface area contributed by atoms with Crippen molar-refractivity contribution in [3.05, 3.63) is 0 Å². The van der Waals surface area contributed by atoms with Crippen LogP contribution in [0.25, 0.3) is 0 Å². The number of hydrogen-bond donors (Lipinski definition) is 2. The Morgan fingerprint density at radius 3 is 2.60 bits per heavy atom. The van der Waals surface area contributed by atoms with Crippen molar-refractivity contribution in [2.24, 2.45) is 17.6 Å². The summed E-state index contributed by atoms with van der Waals surface area (Å²) in [5.41, 5.74) is 5.50. The lowest BCUT2D eigenvalue weighted by molar-refractivity contribution is -0.138. The predicted molar refractivity (Wildman–Crippen MR) is 58.4 cm³/mol. The minimum atomic E-state index is -0.790. The van der Waals surface area contributed by atoms with Crippen LogP contribution in [-0.2, 0) is 4.79 Å². The van der Waals surface area contributed by atoms with Gasteiger partial charge in [-0.1, -0.05) is 19.8 Å². The molecular weight excluding hydrogens is 197 g/mol. The third kappa shape index (κ3) is 8.36. The van der Waals surface area contributed by atoms with E-state index in [0.29, 0.717) is 18.9 Å². The van der Waals surface area contributed by atoms with Crippen LogP contribution in [0, 0.1) is 11.8 Å². The van der Waals surface area contributed by atoms with Crippen LogP contribution in [0.1, 0.15) is 39.0 Å². The molecule has 4 heteroatoms. The maximum absolute atomic E-state index is 11.8. The Balaban J connectivity index is 3.69. The lowest BCUT2D eigenvalue weighted by atomic mass is 9.90. The fraction of sp³-hybridized carbons (Fsp3) is 0.909. The molecular formula is C11H22FNO2. The van der Waals surface area contributed by atoms with Gasteiger partial charge in [0.15, 0.2) is 0 Å². The summed E-state index contributed by atoms with van der Waals surface area (Å²) in [5.74, 6) is -0.297. The molecule has 0 aliphatic rings. The van der Waals surface area contributed by atoms with Crippen molar-refractivity contribution in [1.82, 2.24) is 0 Å². The van der Waals surface area contributed by atoms with E-state index in [2.05, 4.69) is 6.92 Å². The molecule has 3 nitrogen and oxygen atoms in total. The Labute approximate surface area is 90.8 Å². The van der Waals surface area contributed by atoms with Gasteiger partial charge in [-0.05, 0) is 31.2 Å². The maximum Gasteiger partial charge on any atom is 0.303 e. The summed E-state index contributed by atoms with van der Waals surface area (Å²) in [5, 5.41) is 8.64. The average Bonchev–Trinajstić information content (AvgIpc) is 2.16. The third-order valence-electron chi connectivity index (χ3n) is 2.61. The van der Waals surface area contributed by atoms with Crippen LogP contribution in [-0.4, -0.2) is 24.3 Å². The SMILES string of the molecule is CC(CCCCF)CC(CN)CC(=O)O. The minimum absolute atomic E-state index is 0.0582. The molecule has 0 aliphatic heterocycles. The van der Waals surface area contributed by atoms with E-state index in [4.69, 9.17) is 10.8 Å². The van der Waals surface area contributed by atoms with Crippen molar-refractivity contribution in [3.63, 3.8) is 0 Å². The second-order valence-electron chi connectivity index (χ2n) is 4.23. The first-order valence-electron chi connectivity index (χ1n) is 5.58. The van der Waals surface area contributed by atoms with Crippen molar-refractivity contribution in [1.29, 1.82) is 0 Å². The van der Waals surface area contributed by atoms with Crippen LogP contribution in [0.15, 0.2) is 0 Å². The van der Waals surface area contributed by atoms with Gasteiger partial charge in [-0.3, -0.25) is 9.18 Å². The summed E-state index contributed by atoms with van der Waals surface area (Å²) in [7, 11) is 0. The highest BCUT2D eigenvalue weighted by molar-refractivity contribution is 5.67. The van der Waals surface area contributed by atoms with Gasteiger partial charge in [0.1, 0.15) is 0 Å². The Morgan fingerprint density at radius 2 is 2.13 bits per heavy atom. The smallest absolute Gasteiger partial charge is 0.303 e. The molecule has 2 atom stereocenters. The number of nitrogens with two attached hydrogens (primary N) is 1. The molecule has 0 aromatic heterocycles. The molecule has 0 heterocycles. The zero-order valence-corrected chi connectivity index (χ0v) is 9.42. The molecule has 0 aromatic rings. The number of carbonyl (C=O) groups is 1. The number of carboxylic acid groups (broad SMARTS) is 1. The van der Waals surface area contributed by atoms with Gasteiger partial charge in [0.2, 0.25) is 0 Å². The molecule has 0 bridgehead atoms. The number of rotatable bonds is 9. The van der Waals surface area contributed by atoms with Crippen LogP contribution in [0.5, 0.6) is 0 Å². The summed E-state index contributed by atoms with van der Waals surface area (Å²) in [6.45, 7) is 2.23. The molecule has 2 unspecified atom stereocenters. The van der Waals surface area contributed by atoms with Gasteiger partial charge >= 0.3 is 5.97 Å². The molecule has 0 radical (unpaired) electrons. The average molecular weight is 219 g/mol. The van der Waals surface area contributed by atoms with Gasteiger partial charge < -0.3 is 10.8 Å². The maximum atomic E-state index is 11.8. The van der Waals surface area contributed by atoms with E-state index in [1.807, 2.05) is 0 Å². The molecule has 0 spiro atoms. The van der Waals surface area contributed by atoms with E-state index < -0.39 is 5.97 Å². The lowest BCUT2D eigenvalue weighted by Gasteiger charge is -2.17. The normalized spacial score (nSPS) is 14.9. The summed E-state index contributed by atoms with van der Waals surface area (Å²) in [6, 6.07) is 0. The zero-order valence-electron chi connectivity index (χ0n) is 9.42. The number of aliphatic carboxylic acids is 1. The monoisotopic (exact) mass is 219 g/mol. The molecule has 0 saturated carbocycles. The van der Waals surface area contributed by atoms with Crippen molar-refractivity contribution in [2.75, 3.05) is 13.2 Å². The van der Waals surface area contributed by atoms with Gasteiger partial charge in [-0.2, -0.15) is 0 Å². The minimum Gasteiger partial charge on any atom is -0.481 e. The largest absolute Gasteiger partial charge is 0.481 e. The van der Waals surface area contributed by atoms with Crippen molar-refractivity contribution in [2.45, 2.75) is 39.0 Å². The third-order valence-corrected chi connectivity index (χ3v) is 2.61. The quantitative estimate of drug-likeness (QED) is 0.584. The van der Waals surface area contributed by atoms with E-state index in [1.165, 1.54) is 0 Å². The molecule has 0 aliphatic carbocycles. The Morgan fingerprint density at radius 1 is 1.47 bits per heavy atom. The second-order valence-corrected chi connectivity index (χ2v) is 4.23. The molecule has 0 saturated heterocycles. The first-order valence-corrected chi connectivity index (χ1v) is 5.58. The summed E-state index contributed by atoms with van der Waals surface area (Å²) < 4.78 is 11.8. The van der Waals surface area contributed by atoms with Crippen LogP contribution >= 0.6 is 0 Å². The van der Waals surface area contributed by atoms with Crippen molar-refractivity contribution < 1.29 is 14.3 Å². The Kier molecular flexibility index (Phi) is 8.28. The van der Waals surface area contributed by atoms with Gasteiger partial charge in [0.25, 0.3) is 0 Å². The number of halogens is 1. The van der Waals surface area contributed by atoms with Gasteiger partial charge in [-0.25, -0.2) is 0 Å². The van der Waals surface area contributed by atoms with Crippen LogP contribution in [0.4, 0.5) is 4.39 Å². The summed E-state index contributed by atoms with van der Waals surface area (Å²) in [4.78, 5) is 10.5.